The lowest BCUT2D eigenvalue weighted by Gasteiger charge is -2.08. The molecule has 0 bridgehead atoms. The minimum absolute atomic E-state index is 0.580. The van der Waals surface area contributed by atoms with Gasteiger partial charge in [-0.05, 0) is 49.2 Å². The zero-order valence-electron chi connectivity index (χ0n) is 22.8. The molecule has 0 atom stereocenters. The van der Waals surface area contributed by atoms with Crippen LogP contribution in [0.4, 0.5) is 0 Å². The molecule has 0 aliphatic heterocycles. The van der Waals surface area contributed by atoms with Crippen molar-refractivity contribution < 1.29 is 9.47 Å². The molecule has 5 nitrogen and oxygen atoms in total. The van der Waals surface area contributed by atoms with Gasteiger partial charge in [0.25, 0.3) is 0 Å². The van der Waals surface area contributed by atoms with E-state index in [1.54, 1.807) is 12.4 Å². The van der Waals surface area contributed by atoms with E-state index in [-0.39, 0.29) is 0 Å². The van der Waals surface area contributed by atoms with Gasteiger partial charge in [-0.15, -0.1) is 0 Å². The molecule has 1 aromatic carbocycles. The average molecular weight is 518 g/mol. The molecule has 0 aliphatic rings. The van der Waals surface area contributed by atoms with Gasteiger partial charge < -0.3 is 9.47 Å². The van der Waals surface area contributed by atoms with Crippen molar-refractivity contribution in [3.05, 3.63) is 55.0 Å². The molecule has 0 unspecified atom stereocenters. The predicted octanol–water partition coefficient (Wildman–Crippen LogP) is 8.44. The number of benzene rings is 1. The van der Waals surface area contributed by atoms with E-state index in [2.05, 4.69) is 40.9 Å². The van der Waals surface area contributed by atoms with Gasteiger partial charge in [0.2, 0.25) is 5.88 Å². The third-order valence-corrected chi connectivity index (χ3v) is 7.72. The topological polar surface area (TPSA) is 57.1 Å². The van der Waals surface area contributed by atoms with Gasteiger partial charge in [0.05, 0.1) is 37.0 Å². The van der Waals surface area contributed by atoms with Crippen LogP contribution in [0.2, 0.25) is 12.1 Å². The molecule has 6 heteroatoms. The summed E-state index contributed by atoms with van der Waals surface area (Å²) in [5, 5.41) is 0. The minimum Gasteiger partial charge on any atom is -0.494 e. The van der Waals surface area contributed by atoms with Crippen molar-refractivity contribution in [1.29, 1.82) is 0 Å². The van der Waals surface area contributed by atoms with Gasteiger partial charge in [-0.1, -0.05) is 77.3 Å². The second kappa shape index (κ2) is 17.7. The van der Waals surface area contributed by atoms with Crippen LogP contribution in [-0.4, -0.2) is 37.7 Å². The standard InChI is InChI=1S/C31H43N3O2Si/c1-3-5-7-8-9-10-20-36-31-25-33-30(24-34-31)27-15-18-29(32-23-27)26-13-16-28(17-14-26)35-19-11-12-22-37-21-6-4-2/h13-18,23-25H,3-12,19-22H2,1-2H3. The third kappa shape index (κ3) is 11.0. The molecule has 2 radical (unpaired) electrons. The Kier molecular flexibility index (Phi) is 13.8. The molecular formula is C31H43N3O2Si. The largest absolute Gasteiger partial charge is 0.494 e. The number of rotatable bonds is 19. The quantitative estimate of drug-likeness (QED) is 0.118. The van der Waals surface area contributed by atoms with Gasteiger partial charge in [0.1, 0.15) is 5.75 Å². The van der Waals surface area contributed by atoms with Gasteiger partial charge in [-0.25, -0.2) is 9.97 Å². The van der Waals surface area contributed by atoms with E-state index in [9.17, 15) is 0 Å². The molecule has 2 heterocycles. The zero-order chi connectivity index (χ0) is 26.0. The number of hydrogen-bond donors (Lipinski definition) is 0. The number of unbranched alkanes of at least 4 members (excludes halogenated alkanes) is 7. The monoisotopic (exact) mass is 517 g/mol. The van der Waals surface area contributed by atoms with Crippen molar-refractivity contribution in [2.45, 2.75) is 90.1 Å². The van der Waals surface area contributed by atoms with Gasteiger partial charge in [0.15, 0.2) is 0 Å². The van der Waals surface area contributed by atoms with Crippen molar-refractivity contribution in [3.63, 3.8) is 0 Å². The van der Waals surface area contributed by atoms with Crippen molar-refractivity contribution in [2.75, 3.05) is 13.2 Å². The molecule has 0 spiro atoms. The van der Waals surface area contributed by atoms with Gasteiger partial charge in [-0.3, -0.25) is 4.98 Å². The predicted molar refractivity (Wildman–Crippen MR) is 155 cm³/mol. The molecule has 37 heavy (non-hydrogen) atoms. The van der Waals surface area contributed by atoms with Crippen molar-refractivity contribution in [3.8, 4) is 34.1 Å². The summed E-state index contributed by atoms with van der Waals surface area (Å²) in [7, 11) is 1.11. The molecule has 0 saturated heterocycles. The highest BCUT2D eigenvalue weighted by Gasteiger charge is 2.05. The van der Waals surface area contributed by atoms with Gasteiger partial charge in [0, 0.05) is 26.8 Å². The zero-order valence-corrected chi connectivity index (χ0v) is 23.8. The lowest BCUT2D eigenvalue weighted by atomic mass is 10.1. The molecular weight excluding hydrogens is 474 g/mol. The first-order valence-corrected chi connectivity index (χ1v) is 15.6. The highest BCUT2D eigenvalue weighted by molar-refractivity contribution is 6.35. The third-order valence-electron chi connectivity index (χ3n) is 6.31. The first-order valence-electron chi connectivity index (χ1n) is 14.2. The van der Waals surface area contributed by atoms with Crippen LogP contribution in [-0.2, 0) is 0 Å². The molecule has 0 fully saturated rings. The van der Waals surface area contributed by atoms with E-state index in [0.29, 0.717) is 12.5 Å². The Bertz CT molecular complexity index is 979. The van der Waals surface area contributed by atoms with Crippen LogP contribution in [0.15, 0.2) is 55.0 Å². The Morgan fingerprint density at radius 3 is 1.97 bits per heavy atom. The second-order valence-corrected chi connectivity index (χ2v) is 11.0. The van der Waals surface area contributed by atoms with Crippen LogP contribution < -0.4 is 9.47 Å². The smallest absolute Gasteiger partial charge is 0.232 e. The summed E-state index contributed by atoms with van der Waals surface area (Å²) in [6.07, 6.45) is 17.8. The number of nitrogens with zero attached hydrogens (tertiary/aromatic N) is 3. The van der Waals surface area contributed by atoms with Crippen molar-refractivity contribution in [1.82, 2.24) is 15.0 Å². The average Bonchev–Trinajstić information content (AvgIpc) is 2.95. The number of pyridine rings is 1. The van der Waals surface area contributed by atoms with E-state index < -0.39 is 0 Å². The van der Waals surface area contributed by atoms with E-state index in [4.69, 9.17) is 9.47 Å². The molecule has 0 saturated carbocycles. The number of hydrogen-bond acceptors (Lipinski definition) is 5. The maximum atomic E-state index is 5.92. The summed E-state index contributed by atoms with van der Waals surface area (Å²) >= 11 is 0. The Hall–Kier alpha value is -2.73. The second-order valence-electron chi connectivity index (χ2n) is 9.47. The Balaban J connectivity index is 1.39. The molecule has 0 aliphatic carbocycles. The van der Waals surface area contributed by atoms with Crippen molar-refractivity contribution >= 4 is 9.52 Å². The van der Waals surface area contributed by atoms with Crippen LogP contribution in [0.1, 0.15) is 78.1 Å². The van der Waals surface area contributed by atoms with Gasteiger partial charge >= 0.3 is 0 Å². The SMILES string of the molecule is CCCCCCCCOc1cnc(-c2ccc(-c3ccc(OCCCC[Si]CCCC)cc3)nc2)cn1. The highest BCUT2D eigenvalue weighted by atomic mass is 28.2. The number of ether oxygens (including phenoxy) is 2. The summed E-state index contributed by atoms with van der Waals surface area (Å²) in [5.41, 5.74) is 3.73. The Labute approximate surface area is 226 Å². The molecule has 198 valence electrons. The first-order chi connectivity index (χ1) is 18.3. The normalized spacial score (nSPS) is 11.0. The first kappa shape index (κ1) is 28.8. The van der Waals surface area contributed by atoms with Crippen LogP contribution >= 0.6 is 0 Å². The van der Waals surface area contributed by atoms with Crippen LogP contribution in [0.3, 0.4) is 0 Å². The van der Waals surface area contributed by atoms with E-state index in [1.165, 1.54) is 63.5 Å². The summed E-state index contributed by atoms with van der Waals surface area (Å²) in [4.78, 5) is 13.6. The molecule has 3 rings (SSSR count). The highest BCUT2D eigenvalue weighted by Crippen LogP contribution is 2.24. The van der Waals surface area contributed by atoms with Gasteiger partial charge in [-0.2, -0.15) is 0 Å². The lowest BCUT2D eigenvalue weighted by Crippen LogP contribution is -2.00. The maximum absolute atomic E-state index is 5.92. The minimum atomic E-state index is 0.580. The molecule has 2 aromatic heterocycles. The fourth-order valence-electron chi connectivity index (χ4n) is 4.01. The summed E-state index contributed by atoms with van der Waals surface area (Å²) in [6, 6.07) is 15.0. The Morgan fingerprint density at radius 2 is 1.24 bits per heavy atom. The lowest BCUT2D eigenvalue weighted by molar-refractivity contribution is 0.292. The van der Waals surface area contributed by atoms with Crippen LogP contribution in [0.25, 0.3) is 22.5 Å². The molecule has 0 amide bonds. The van der Waals surface area contributed by atoms with E-state index in [1.807, 2.05) is 30.5 Å². The molecule has 0 N–H and O–H groups in total. The summed E-state index contributed by atoms with van der Waals surface area (Å²) in [6.45, 7) is 5.98. The van der Waals surface area contributed by atoms with Crippen molar-refractivity contribution in [2.24, 2.45) is 0 Å². The Morgan fingerprint density at radius 1 is 0.568 bits per heavy atom. The van der Waals surface area contributed by atoms with Crippen LogP contribution in [0.5, 0.6) is 11.6 Å². The fourth-order valence-corrected chi connectivity index (χ4v) is 5.36. The maximum Gasteiger partial charge on any atom is 0.232 e. The van der Waals surface area contributed by atoms with Crippen LogP contribution in [0, 0.1) is 0 Å². The molecule has 3 aromatic rings. The summed E-state index contributed by atoms with van der Waals surface area (Å²) in [5.74, 6) is 1.50. The van der Waals surface area contributed by atoms with E-state index in [0.717, 1.165) is 57.2 Å². The van der Waals surface area contributed by atoms with E-state index >= 15 is 0 Å². The number of aromatic nitrogens is 3. The summed E-state index contributed by atoms with van der Waals surface area (Å²) < 4.78 is 11.7. The fraction of sp³-hybridized carbons (Fsp3) is 0.516.